The first kappa shape index (κ1) is 13.0. The molecular formula is C12H15F2NO3. The number of aromatic carboxylic acids is 1. The number of hydrogen-bond acceptors (Lipinski definition) is 3. The van der Waals surface area contributed by atoms with Gasteiger partial charge in [-0.15, -0.1) is 0 Å². The average Bonchev–Trinajstić information content (AvgIpc) is 2.82. The number of halogens is 2. The fourth-order valence-corrected chi connectivity index (χ4v) is 2.28. The third kappa shape index (κ3) is 2.52. The molecule has 1 aliphatic carbocycles. The van der Waals surface area contributed by atoms with Crippen LogP contribution in [0.15, 0.2) is 4.42 Å². The van der Waals surface area contributed by atoms with Crippen molar-refractivity contribution in [2.75, 3.05) is 0 Å². The molecule has 1 saturated carbocycles. The topological polar surface area (TPSA) is 63.3 Å². The number of carboxylic acid groups (broad SMARTS) is 1. The molecule has 6 heteroatoms. The van der Waals surface area contributed by atoms with Crippen LogP contribution in [0.5, 0.6) is 0 Å². The van der Waals surface area contributed by atoms with E-state index < -0.39 is 17.8 Å². The lowest BCUT2D eigenvalue weighted by atomic mass is 10.1. The largest absolute Gasteiger partial charge is 0.475 e. The summed E-state index contributed by atoms with van der Waals surface area (Å²) in [6, 6.07) is 0. The highest BCUT2D eigenvalue weighted by molar-refractivity contribution is 5.85. The third-order valence-corrected chi connectivity index (χ3v) is 3.15. The van der Waals surface area contributed by atoms with E-state index in [1.54, 1.807) is 0 Å². The van der Waals surface area contributed by atoms with Crippen LogP contribution in [0.2, 0.25) is 0 Å². The zero-order chi connectivity index (χ0) is 13.3. The summed E-state index contributed by atoms with van der Waals surface area (Å²) in [6.07, 6.45) is 1.00. The predicted octanol–water partition coefficient (Wildman–Crippen LogP) is 3.23. The average molecular weight is 259 g/mol. The standard InChI is InChI=1S/C12H15F2NO3/c1-2-3-8-9(11(16)17)18-10(15-8)7-4-5-12(13,14)6-7/h7H,2-6H2,1H3,(H,16,17). The maximum absolute atomic E-state index is 13.1. The molecule has 1 aromatic rings. The van der Waals surface area contributed by atoms with Crippen LogP contribution in [0.25, 0.3) is 0 Å². The number of hydrogen-bond donors (Lipinski definition) is 1. The molecule has 0 aliphatic heterocycles. The van der Waals surface area contributed by atoms with Gasteiger partial charge in [-0.2, -0.15) is 0 Å². The molecule has 1 aliphatic rings. The Labute approximate surface area is 103 Å². The Balaban J connectivity index is 2.24. The van der Waals surface area contributed by atoms with Crippen molar-refractivity contribution in [3.63, 3.8) is 0 Å². The highest BCUT2D eigenvalue weighted by atomic mass is 19.3. The second kappa shape index (κ2) is 4.66. The van der Waals surface area contributed by atoms with Gasteiger partial charge in [0.05, 0.1) is 5.69 Å². The molecular weight excluding hydrogens is 244 g/mol. The molecule has 2 rings (SSSR count). The molecule has 0 aromatic carbocycles. The molecule has 18 heavy (non-hydrogen) atoms. The Morgan fingerprint density at radius 2 is 2.33 bits per heavy atom. The summed E-state index contributed by atoms with van der Waals surface area (Å²) >= 11 is 0. The van der Waals surface area contributed by atoms with Crippen LogP contribution in [-0.4, -0.2) is 22.0 Å². The summed E-state index contributed by atoms with van der Waals surface area (Å²) in [5, 5.41) is 8.97. The minimum Gasteiger partial charge on any atom is -0.475 e. The third-order valence-electron chi connectivity index (χ3n) is 3.15. The van der Waals surface area contributed by atoms with Gasteiger partial charge in [0.25, 0.3) is 0 Å². The number of aromatic nitrogens is 1. The normalized spacial score (nSPS) is 22.3. The first-order valence-corrected chi connectivity index (χ1v) is 6.03. The molecule has 1 N–H and O–H groups in total. The summed E-state index contributed by atoms with van der Waals surface area (Å²) < 4.78 is 31.4. The van der Waals surface area contributed by atoms with Gasteiger partial charge in [0.1, 0.15) is 0 Å². The van der Waals surface area contributed by atoms with Crippen LogP contribution in [0.4, 0.5) is 8.78 Å². The van der Waals surface area contributed by atoms with Gasteiger partial charge in [0, 0.05) is 18.8 Å². The maximum Gasteiger partial charge on any atom is 0.373 e. The molecule has 1 fully saturated rings. The smallest absolute Gasteiger partial charge is 0.373 e. The van der Waals surface area contributed by atoms with E-state index in [1.807, 2.05) is 6.92 Å². The van der Waals surface area contributed by atoms with E-state index in [-0.39, 0.29) is 30.9 Å². The lowest BCUT2D eigenvalue weighted by Crippen LogP contribution is -2.09. The highest BCUT2D eigenvalue weighted by Crippen LogP contribution is 2.44. The quantitative estimate of drug-likeness (QED) is 0.901. The van der Waals surface area contributed by atoms with Gasteiger partial charge >= 0.3 is 5.97 Å². The van der Waals surface area contributed by atoms with Crippen LogP contribution in [0.1, 0.15) is 60.7 Å². The number of aryl methyl sites for hydroxylation is 1. The van der Waals surface area contributed by atoms with Crippen LogP contribution in [0.3, 0.4) is 0 Å². The molecule has 1 unspecified atom stereocenters. The fourth-order valence-electron chi connectivity index (χ4n) is 2.28. The summed E-state index contributed by atoms with van der Waals surface area (Å²) in [5.74, 6) is -4.41. The fraction of sp³-hybridized carbons (Fsp3) is 0.667. The molecule has 100 valence electrons. The number of nitrogens with zero attached hydrogens (tertiary/aromatic N) is 1. The van der Waals surface area contributed by atoms with Crippen molar-refractivity contribution >= 4 is 5.97 Å². The molecule has 1 aromatic heterocycles. The van der Waals surface area contributed by atoms with Crippen molar-refractivity contribution in [2.45, 2.75) is 50.9 Å². The molecule has 4 nitrogen and oxygen atoms in total. The van der Waals surface area contributed by atoms with E-state index in [1.165, 1.54) is 0 Å². The maximum atomic E-state index is 13.1. The molecule has 0 bridgehead atoms. The second-order valence-electron chi connectivity index (χ2n) is 4.68. The van der Waals surface area contributed by atoms with E-state index in [4.69, 9.17) is 9.52 Å². The van der Waals surface area contributed by atoms with Crippen LogP contribution in [0, 0.1) is 0 Å². The molecule has 0 amide bonds. The number of alkyl halides is 2. The van der Waals surface area contributed by atoms with Crippen LogP contribution in [-0.2, 0) is 6.42 Å². The van der Waals surface area contributed by atoms with Gasteiger partial charge in [-0.3, -0.25) is 0 Å². The van der Waals surface area contributed by atoms with E-state index >= 15 is 0 Å². The zero-order valence-electron chi connectivity index (χ0n) is 10.1. The van der Waals surface area contributed by atoms with Gasteiger partial charge in [0.2, 0.25) is 11.7 Å². The summed E-state index contributed by atoms with van der Waals surface area (Å²) in [6.45, 7) is 1.89. The number of carbonyl (C=O) groups is 1. The second-order valence-corrected chi connectivity index (χ2v) is 4.68. The number of oxazole rings is 1. The van der Waals surface area contributed by atoms with Crippen LogP contribution >= 0.6 is 0 Å². The molecule has 1 atom stereocenters. The SMILES string of the molecule is CCCc1nc(C2CCC(F)(F)C2)oc1C(=O)O. The van der Waals surface area contributed by atoms with Gasteiger partial charge in [-0.05, 0) is 12.8 Å². The number of rotatable bonds is 4. The Bertz CT molecular complexity index is 456. The van der Waals surface area contributed by atoms with E-state index in [0.29, 0.717) is 12.1 Å². The summed E-state index contributed by atoms with van der Waals surface area (Å²) in [5.41, 5.74) is 0.357. The minimum absolute atomic E-state index is 0.146. The summed E-state index contributed by atoms with van der Waals surface area (Å²) in [7, 11) is 0. The van der Waals surface area contributed by atoms with E-state index in [9.17, 15) is 13.6 Å². The van der Waals surface area contributed by atoms with Crippen molar-refractivity contribution in [1.29, 1.82) is 0 Å². The molecule has 1 heterocycles. The summed E-state index contributed by atoms with van der Waals surface area (Å²) in [4.78, 5) is 15.1. The minimum atomic E-state index is -2.69. The van der Waals surface area contributed by atoms with Gasteiger partial charge in [-0.1, -0.05) is 13.3 Å². The van der Waals surface area contributed by atoms with Crippen molar-refractivity contribution in [2.24, 2.45) is 0 Å². The molecule has 0 saturated heterocycles. The lowest BCUT2D eigenvalue weighted by Gasteiger charge is -2.06. The van der Waals surface area contributed by atoms with Crippen molar-refractivity contribution in [1.82, 2.24) is 4.98 Å². The first-order chi connectivity index (χ1) is 8.43. The molecule has 0 radical (unpaired) electrons. The van der Waals surface area contributed by atoms with Gasteiger partial charge in [-0.25, -0.2) is 18.6 Å². The van der Waals surface area contributed by atoms with E-state index in [0.717, 1.165) is 6.42 Å². The monoisotopic (exact) mass is 259 g/mol. The van der Waals surface area contributed by atoms with Crippen molar-refractivity contribution in [3.05, 3.63) is 17.3 Å². The van der Waals surface area contributed by atoms with Crippen LogP contribution < -0.4 is 0 Å². The first-order valence-electron chi connectivity index (χ1n) is 6.03. The van der Waals surface area contributed by atoms with Crippen molar-refractivity contribution in [3.8, 4) is 0 Å². The predicted molar refractivity (Wildman–Crippen MR) is 59.0 cm³/mol. The lowest BCUT2D eigenvalue weighted by molar-refractivity contribution is 0.00703. The Hall–Kier alpha value is -1.46. The molecule has 0 spiro atoms. The Morgan fingerprint density at radius 3 is 2.83 bits per heavy atom. The van der Waals surface area contributed by atoms with Crippen molar-refractivity contribution < 1.29 is 23.1 Å². The highest BCUT2D eigenvalue weighted by Gasteiger charge is 2.42. The number of carboxylic acids is 1. The zero-order valence-corrected chi connectivity index (χ0v) is 10.1. The Kier molecular flexibility index (Phi) is 3.36. The Morgan fingerprint density at radius 1 is 1.61 bits per heavy atom. The van der Waals surface area contributed by atoms with Gasteiger partial charge < -0.3 is 9.52 Å². The van der Waals surface area contributed by atoms with Gasteiger partial charge in [0.15, 0.2) is 5.89 Å². The van der Waals surface area contributed by atoms with E-state index in [2.05, 4.69) is 4.98 Å².